The van der Waals surface area contributed by atoms with Crippen LogP contribution in [0.2, 0.25) is 0 Å². The molecule has 0 aliphatic heterocycles. The molecule has 3 nitrogen and oxygen atoms in total. The Labute approximate surface area is 248 Å². The summed E-state index contributed by atoms with van der Waals surface area (Å²) in [5, 5.41) is 12.0. The fraction of sp³-hybridized carbons (Fsp3) is 0. The van der Waals surface area contributed by atoms with Crippen molar-refractivity contribution >= 4 is 31.5 Å². The SMILES string of the molecule is c1ccc(-c2nnc(-c3cccc(-c4cccc(-c5cccc6c5sc5ccccc56)c4)c3)n2-c2ccccc2)cc1. The number of benzene rings is 6. The van der Waals surface area contributed by atoms with Gasteiger partial charge in [0.2, 0.25) is 0 Å². The van der Waals surface area contributed by atoms with Crippen molar-refractivity contribution in [2.45, 2.75) is 0 Å². The van der Waals surface area contributed by atoms with E-state index >= 15 is 0 Å². The summed E-state index contributed by atoms with van der Waals surface area (Å²) in [7, 11) is 0. The van der Waals surface area contributed by atoms with E-state index in [1.807, 2.05) is 47.7 Å². The average molecular weight is 556 g/mol. The smallest absolute Gasteiger partial charge is 0.168 e. The molecule has 2 aromatic heterocycles. The van der Waals surface area contributed by atoms with Gasteiger partial charge in [0.15, 0.2) is 11.6 Å². The molecular formula is C38H25N3S. The van der Waals surface area contributed by atoms with Crippen LogP contribution in [0.1, 0.15) is 0 Å². The lowest BCUT2D eigenvalue weighted by molar-refractivity contribution is 1.07. The molecule has 2 heterocycles. The summed E-state index contributed by atoms with van der Waals surface area (Å²) in [5.41, 5.74) is 7.86. The summed E-state index contributed by atoms with van der Waals surface area (Å²) in [6.07, 6.45) is 0. The minimum Gasteiger partial charge on any atom is -0.275 e. The van der Waals surface area contributed by atoms with Crippen LogP contribution in [0.3, 0.4) is 0 Å². The number of hydrogen-bond donors (Lipinski definition) is 0. The molecule has 4 heteroatoms. The van der Waals surface area contributed by atoms with Gasteiger partial charge in [0.25, 0.3) is 0 Å². The molecule has 0 atom stereocenters. The zero-order chi connectivity index (χ0) is 27.9. The molecule has 0 saturated carbocycles. The zero-order valence-electron chi connectivity index (χ0n) is 22.7. The third kappa shape index (κ3) is 4.21. The van der Waals surface area contributed by atoms with Gasteiger partial charge >= 0.3 is 0 Å². The molecule has 0 amide bonds. The van der Waals surface area contributed by atoms with Crippen molar-refractivity contribution in [3.05, 3.63) is 152 Å². The first-order valence-corrected chi connectivity index (χ1v) is 14.8. The van der Waals surface area contributed by atoms with Crippen LogP contribution in [0.4, 0.5) is 0 Å². The third-order valence-corrected chi connectivity index (χ3v) is 8.96. The first-order valence-electron chi connectivity index (χ1n) is 14.0. The quantitative estimate of drug-likeness (QED) is 0.211. The van der Waals surface area contributed by atoms with Gasteiger partial charge in [0, 0.05) is 37.0 Å². The Kier molecular flexibility index (Phi) is 5.98. The van der Waals surface area contributed by atoms with Crippen LogP contribution >= 0.6 is 11.3 Å². The summed E-state index contributed by atoms with van der Waals surface area (Å²) < 4.78 is 4.79. The number of thiophene rings is 1. The van der Waals surface area contributed by atoms with Crippen LogP contribution in [0.25, 0.3) is 70.9 Å². The van der Waals surface area contributed by atoms with Crippen LogP contribution in [-0.2, 0) is 0 Å². The molecule has 0 saturated heterocycles. The summed E-state index contributed by atoms with van der Waals surface area (Å²) in [5.74, 6) is 1.63. The van der Waals surface area contributed by atoms with Gasteiger partial charge in [0.1, 0.15) is 0 Å². The van der Waals surface area contributed by atoms with E-state index in [-0.39, 0.29) is 0 Å². The number of hydrogen-bond acceptors (Lipinski definition) is 3. The van der Waals surface area contributed by atoms with Gasteiger partial charge in [-0.05, 0) is 52.6 Å². The predicted molar refractivity (Wildman–Crippen MR) is 176 cm³/mol. The van der Waals surface area contributed by atoms with Gasteiger partial charge in [-0.15, -0.1) is 21.5 Å². The molecule has 6 aromatic carbocycles. The Hall–Kier alpha value is -5.32. The maximum atomic E-state index is 4.71. The standard InChI is InChI=1S/C38H25N3S/c1-3-12-26(13-4-1)37-39-40-38(41(37)31-18-5-2-6-19-31)30-17-10-15-28(25-30)27-14-9-16-29(24-27)32-21-11-22-34-33-20-7-8-23-35(33)42-36(32)34/h1-25H. The van der Waals surface area contributed by atoms with E-state index in [0.29, 0.717) is 0 Å². The van der Waals surface area contributed by atoms with Crippen molar-refractivity contribution in [1.82, 2.24) is 14.8 Å². The molecule has 0 aliphatic carbocycles. The monoisotopic (exact) mass is 555 g/mol. The van der Waals surface area contributed by atoms with Crippen molar-refractivity contribution in [3.8, 4) is 50.7 Å². The second-order valence-corrected chi connectivity index (χ2v) is 11.4. The van der Waals surface area contributed by atoms with Gasteiger partial charge < -0.3 is 0 Å². The summed E-state index contributed by atoms with van der Waals surface area (Å²) in [6, 6.07) is 53.3. The van der Waals surface area contributed by atoms with Crippen molar-refractivity contribution < 1.29 is 0 Å². The van der Waals surface area contributed by atoms with Crippen molar-refractivity contribution in [3.63, 3.8) is 0 Å². The lowest BCUT2D eigenvalue weighted by atomic mass is 9.97. The number of para-hydroxylation sites is 1. The Balaban J connectivity index is 1.24. The number of aromatic nitrogens is 3. The average Bonchev–Trinajstić information content (AvgIpc) is 3.68. The fourth-order valence-corrected chi connectivity index (χ4v) is 6.98. The van der Waals surface area contributed by atoms with Gasteiger partial charge in [-0.25, -0.2) is 0 Å². The normalized spacial score (nSPS) is 11.3. The topological polar surface area (TPSA) is 30.7 Å². The maximum absolute atomic E-state index is 4.71. The molecule has 0 fully saturated rings. The molecule has 42 heavy (non-hydrogen) atoms. The lowest BCUT2D eigenvalue weighted by Crippen LogP contribution is -2.00. The van der Waals surface area contributed by atoms with E-state index in [1.165, 1.54) is 36.9 Å². The van der Waals surface area contributed by atoms with Gasteiger partial charge in [-0.1, -0.05) is 121 Å². The molecule has 0 spiro atoms. The van der Waals surface area contributed by atoms with Gasteiger partial charge in [-0.2, -0.15) is 0 Å². The Morgan fingerprint density at radius 1 is 0.429 bits per heavy atom. The number of nitrogens with zero attached hydrogens (tertiary/aromatic N) is 3. The molecule has 8 rings (SSSR count). The van der Waals surface area contributed by atoms with E-state index in [1.54, 1.807) is 0 Å². The van der Waals surface area contributed by atoms with E-state index in [9.17, 15) is 0 Å². The summed E-state index contributed by atoms with van der Waals surface area (Å²) in [4.78, 5) is 0. The molecule has 0 unspecified atom stereocenters. The molecule has 0 aliphatic rings. The van der Waals surface area contributed by atoms with E-state index in [0.717, 1.165) is 34.0 Å². The molecule has 0 N–H and O–H groups in total. The minimum absolute atomic E-state index is 0.813. The van der Waals surface area contributed by atoms with E-state index in [4.69, 9.17) is 5.10 Å². The van der Waals surface area contributed by atoms with E-state index in [2.05, 4.69) is 125 Å². The van der Waals surface area contributed by atoms with Gasteiger partial charge in [-0.3, -0.25) is 4.57 Å². The molecule has 0 radical (unpaired) electrons. The Morgan fingerprint density at radius 3 is 1.76 bits per heavy atom. The third-order valence-electron chi connectivity index (χ3n) is 7.74. The van der Waals surface area contributed by atoms with Gasteiger partial charge in [0.05, 0.1) is 0 Å². The number of rotatable bonds is 5. The zero-order valence-corrected chi connectivity index (χ0v) is 23.5. The highest BCUT2D eigenvalue weighted by molar-refractivity contribution is 7.26. The molecule has 8 aromatic rings. The highest BCUT2D eigenvalue weighted by atomic mass is 32.1. The second kappa shape index (κ2) is 10.3. The van der Waals surface area contributed by atoms with Crippen molar-refractivity contribution in [2.75, 3.05) is 0 Å². The lowest BCUT2D eigenvalue weighted by Gasteiger charge is -2.12. The molecule has 0 bridgehead atoms. The maximum Gasteiger partial charge on any atom is 0.168 e. The Morgan fingerprint density at radius 2 is 0.976 bits per heavy atom. The van der Waals surface area contributed by atoms with Crippen molar-refractivity contribution in [1.29, 1.82) is 0 Å². The summed E-state index contributed by atoms with van der Waals surface area (Å²) in [6.45, 7) is 0. The highest BCUT2D eigenvalue weighted by Crippen LogP contribution is 2.40. The minimum atomic E-state index is 0.813. The van der Waals surface area contributed by atoms with Crippen LogP contribution in [0.15, 0.2) is 152 Å². The van der Waals surface area contributed by atoms with Crippen molar-refractivity contribution in [2.24, 2.45) is 0 Å². The first kappa shape index (κ1) is 24.5. The first-order chi connectivity index (χ1) is 20.8. The molecule has 198 valence electrons. The summed E-state index contributed by atoms with van der Waals surface area (Å²) >= 11 is 1.87. The highest BCUT2D eigenvalue weighted by Gasteiger charge is 2.18. The Bertz CT molecular complexity index is 2190. The number of fused-ring (bicyclic) bond motifs is 3. The van der Waals surface area contributed by atoms with Crippen LogP contribution in [-0.4, -0.2) is 14.8 Å². The van der Waals surface area contributed by atoms with Crippen LogP contribution in [0, 0.1) is 0 Å². The molecular weight excluding hydrogens is 531 g/mol. The van der Waals surface area contributed by atoms with E-state index < -0.39 is 0 Å². The fourth-order valence-electron chi connectivity index (χ4n) is 5.75. The van der Waals surface area contributed by atoms with Crippen LogP contribution < -0.4 is 0 Å². The predicted octanol–water partition coefficient (Wildman–Crippen LogP) is 10.3. The second-order valence-electron chi connectivity index (χ2n) is 10.3. The largest absolute Gasteiger partial charge is 0.275 e. The van der Waals surface area contributed by atoms with Crippen LogP contribution in [0.5, 0.6) is 0 Å².